The Labute approximate surface area is 387 Å². The predicted octanol–water partition coefficient (Wildman–Crippen LogP) is 16.4. The summed E-state index contributed by atoms with van der Waals surface area (Å²) in [5.41, 5.74) is 13.4. The van der Waals surface area contributed by atoms with Gasteiger partial charge in [0, 0.05) is 38.5 Å². The molecule has 2 aromatic heterocycles. The Balaban J connectivity index is 0.966. The van der Waals surface area contributed by atoms with E-state index >= 15 is 0 Å². The molecular formula is C63H40N4. The van der Waals surface area contributed by atoms with Crippen LogP contribution >= 0.6 is 0 Å². The molecule has 312 valence electrons. The van der Waals surface area contributed by atoms with Gasteiger partial charge in [0.1, 0.15) is 0 Å². The summed E-state index contributed by atoms with van der Waals surface area (Å²) in [6.07, 6.45) is 0. The maximum atomic E-state index is 5.28. The number of hydrogen-bond donors (Lipinski definition) is 0. The number of para-hydroxylation sites is 1. The molecule has 13 aromatic rings. The highest BCUT2D eigenvalue weighted by Gasteiger charge is 2.19. The zero-order valence-corrected chi connectivity index (χ0v) is 36.4. The molecule has 0 spiro atoms. The smallest absolute Gasteiger partial charge is 0.164 e. The third kappa shape index (κ3) is 6.65. The zero-order valence-electron chi connectivity index (χ0n) is 36.4. The second-order valence-electron chi connectivity index (χ2n) is 17.1. The van der Waals surface area contributed by atoms with Crippen molar-refractivity contribution >= 4 is 54.1 Å². The third-order valence-corrected chi connectivity index (χ3v) is 13.3. The summed E-state index contributed by atoms with van der Waals surface area (Å²) in [6.45, 7) is 0. The molecule has 0 aliphatic carbocycles. The van der Waals surface area contributed by atoms with Crippen LogP contribution in [0.2, 0.25) is 0 Å². The summed E-state index contributed by atoms with van der Waals surface area (Å²) in [4.78, 5) is 15.6. The summed E-state index contributed by atoms with van der Waals surface area (Å²) in [5.74, 6) is 1.91. The average Bonchev–Trinajstić information content (AvgIpc) is 3.75. The molecule has 2 heterocycles. The Morgan fingerprint density at radius 1 is 0.239 bits per heavy atom. The van der Waals surface area contributed by atoms with Crippen molar-refractivity contribution in [3.05, 3.63) is 243 Å². The molecule has 0 unspecified atom stereocenters. The normalized spacial score (nSPS) is 11.6. The Morgan fingerprint density at radius 3 is 1.31 bits per heavy atom. The average molecular weight is 853 g/mol. The Bertz CT molecular complexity index is 3990. The van der Waals surface area contributed by atoms with Crippen LogP contribution in [0.4, 0.5) is 0 Å². The first kappa shape index (κ1) is 38.5. The van der Waals surface area contributed by atoms with Gasteiger partial charge in [0.15, 0.2) is 17.5 Å². The van der Waals surface area contributed by atoms with E-state index in [4.69, 9.17) is 15.0 Å². The topological polar surface area (TPSA) is 43.6 Å². The van der Waals surface area contributed by atoms with Gasteiger partial charge < -0.3 is 4.57 Å². The predicted molar refractivity (Wildman–Crippen MR) is 279 cm³/mol. The lowest BCUT2D eigenvalue weighted by molar-refractivity contribution is 1.08. The number of nitrogens with zero attached hydrogens (tertiary/aromatic N) is 4. The molecule has 0 radical (unpaired) electrons. The lowest BCUT2D eigenvalue weighted by atomic mass is 9.89. The maximum absolute atomic E-state index is 5.28. The van der Waals surface area contributed by atoms with Gasteiger partial charge in [-0.05, 0) is 96.7 Å². The van der Waals surface area contributed by atoms with Crippen LogP contribution in [0.3, 0.4) is 0 Å². The lowest BCUT2D eigenvalue weighted by Gasteiger charge is -2.16. The van der Waals surface area contributed by atoms with Gasteiger partial charge in [-0.3, -0.25) is 0 Å². The van der Waals surface area contributed by atoms with Crippen molar-refractivity contribution in [3.63, 3.8) is 0 Å². The molecule has 0 bridgehead atoms. The molecular weight excluding hydrogens is 813 g/mol. The van der Waals surface area contributed by atoms with Gasteiger partial charge in [-0.25, -0.2) is 15.0 Å². The van der Waals surface area contributed by atoms with Gasteiger partial charge in [0.25, 0.3) is 0 Å². The van der Waals surface area contributed by atoms with Gasteiger partial charge >= 0.3 is 0 Å². The van der Waals surface area contributed by atoms with E-state index in [1.807, 2.05) is 24.3 Å². The second-order valence-corrected chi connectivity index (χ2v) is 17.1. The van der Waals surface area contributed by atoms with Crippen LogP contribution in [0.1, 0.15) is 0 Å². The molecule has 0 saturated carbocycles. The molecule has 0 aliphatic heterocycles. The van der Waals surface area contributed by atoms with Crippen molar-refractivity contribution in [1.29, 1.82) is 0 Å². The number of benzene rings is 11. The molecule has 0 fully saturated rings. The largest absolute Gasteiger partial charge is 0.309 e. The summed E-state index contributed by atoms with van der Waals surface area (Å²) in [6, 6.07) is 86.6. The first-order valence-corrected chi connectivity index (χ1v) is 22.8. The van der Waals surface area contributed by atoms with E-state index in [9.17, 15) is 0 Å². The van der Waals surface area contributed by atoms with Crippen LogP contribution in [-0.2, 0) is 0 Å². The quantitative estimate of drug-likeness (QED) is 0.150. The van der Waals surface area contributed by atoms with E-state index in [0.29, 0.717) is 17.5 Å². The fourth-order valence-electron chi connectivity index (χ4n) is 10.0. The SMILES string of the molecule is c1ccc(-c2ccc(-c3nc(-c4ccccc4)nc(-c4cccc5c6ccccc6c6cc(-c7ccc8c(c7)c7ccccc7n8-c7ccc(-c8ccccc8)cc7)ccc6c45)n3)cc2)cc1. The Kier molecular flexibility index (Phi) is 9.14. The van der Waals surface area contributed by atoms with Gasteiger partial charge in [-0.2, -0.15) is 0 Å². The van der Waals surface area contributed by atoms with E-state index in [1.165, 1.54) is 60.2 Å². The number of rotatable bonds is 7. The summed E-state index contributed by atoms with van der Waals surface area (Å²) in [7, 11) is 0. The number of hydrogen-bond acceptors (Lipinski definition) is 3. The van der Waals surface area contributed by atoms with E-state index in [0.717, 1.165) is 49.7 Å². The van der Waals surface area contributed by atoms with Crippen LogP contribution in [-0.4, -0.2) is 19.5 Å². The molecule has 4 heteroatoms. The van der Waals surface area contributed by atoms with Crippen molar-refractivity contribution < 1.29 is 0 Å². The van der Waals surface area contributed by atoms with Crippen LogP contribution < -0.4 is 0 Å². The second kappa shape index (κ2) is 15.9. The minimum atomic E-state index is 0.633. The monoisotopic (exact) mass is 852 g/mol. The Morgan fingerprint density at radius 2 is 0.657 bits per heavy atom. The van der Waals surface area contributed by atoms with Crippen molar-refractivity contribution in [3.8, 4) is 73.2 Å². The van der Waals surface area contributed by atoms with Crippen molar-refractivity contribution in [2.75, 3.05) is 0 Å². The highest BCUT2D eigenvalue weighted by molar-refractivity contribution is 6.28. The first-order chi connectivity index (χ1) is 33.2. The highest BCUT2D eigenvalue weighted by atomic mass is 15.0. The van der Waals surface area contributed by atoms with Crippen LogP contribution in [0.5, 0.6) is 0 Å². The van der Waals surface area contributed by atoms with Gasteiger partial charge in [-0.1, -0.05) is 206 Å². The molecule has 0 saturated heterocycles. The zero-order chi connectivity index (χ0) is 44.3. The van der Waals surface area contributed by atoms with E-state index in [2.05, 4.69) is 223 Å². The molecule has 13 rings (SSSR count). The van der Waals surface area contributed by atoms with Crippen molar-refractivity contribution in [2.45, 2.75) is 0 Å². The summed E-state index contributed by atoms with van der Waals surface area (Å²) < 4.78 is 2.39. The minimum absolute atomic E-state index is 0.633. The molecule has 0 N–H and O–H groups in total. The van der Waals surface area contributed by atoms with Gasteiger partial charge in [0.05, 0.1) is 11.0 Å². The molecule has 67 heavy (non-hydrogen) atoms. The van der Waals surface area contributed by atoms with E-state index in [1.54, 1.807) is 0 Å². The first-order valence-electron chi connectivity index (χ1n) is 22.8. The van der Waals surface area contributed by atoms with Crippen LogP contribution in [0.25, 0.3) is 127 Å². The standard InChI is InChI=1S/C63H40N4/c1-4-15-41(16-5-1)43-27-29-46(30-28-43)62-64-61(45-19-8-3-9-20-45)65-63(66-62)55-25-14-24-53-50-21-10-11-22-51(50)56-39-47(33-37-54(56)60(53)55)48-34-38-59-57(40-48)52-23-12-13-26-58(52)67(59)49-35-31-44(32-36-49)42-17-6-2-7-18-42/h1-40H. The van der Waals surface area contributed by atoms with Gasteiger partial charge in [-0.15, -0.1) is 0 Å². The number of aromatic nitrogens is 4. The Hall–Kier alpha value is -8.99. The molecule has 11 aromatic carbocycles. The van der Waals surface area contributed by atoms with Crippen molar-refractivity contribution in [1.82, 2.24) is 19.5 Å². The molecule has 0 aliphatic rings. The van der Waals surface area contributed by atoms with Gasteiger partial charge in [0.2, 0.25) is 0 Å². The number of fused-ring (bicyclic) bond motifs is 9. The fraction of sp³-hybridized carbons (Fsp3) is 0. The lowest BCUT2D eigenvalue weighted by Crippen LogP contribution is -2.01. The van der Waals surface area contributed by atoms with Crippen molar-refractivity contribution in [2.24, 2.45) is 0 Å². The molecule has 4 nitrogen and oxygen atoms in total. The molecule has 0 amide bonds. The molecule has 0 atom stereocenters. The van der Waals surface area contributed by atoms with E-state index < -0.39 is 0 Å². The summed E-state index contributed by atoms with van der Waals surface area (Å²) >= 11 is 0. The fourth-order valence-corrected chi connectivity index (χ4v) is 10.0. The third-order valence-electron chi connectivity index (χ3n) is 13.3. The highest BCUT2D eigenvalue weighted by Crippen LogP contribution is 2.43. The van der Waals surface area contributed by atoms with Crippen LogP contribution in [0, 0.1) is 0 Å². The van der Waals surface area contributed by atoms with Crippen LogP contribution in [0.15, 0.2) is 243 Å². The minimum Gasteiger partial charge on any atom is -0.309 e. The van der Waals surface area contributed by atoms with E-state index in [-0.39, 0.29) is 0 Å². The maximum Gasteiger partial charge on any atom is 0.164 e. The summed E-state index contributed by atoms with van der Waals surface area (Å²) in [5, 5.41) is 9.47.